The number of likely N-dealkylation sites (N-methyl/N-ethyl adjacent to an activating group) is 1. The summed E-state index contributed by atoms with van der Waals surface area (Å²) in [7, 11) is 2.09. The zero-order valence-electron chi connectivity index (χ0n) is 12.2. The van der Waals surface area contributed by atoms with Gasteiger partial charge in [0.1, 0.15) is 0 Å². The van der Waals surface area contributed by atoms with Crippen LogP contribution in [0.3, 0.4) is 0 Å². The molecule has 1 aliphatic rings. The fraction of sp³-hybridized carbons (Fsp3) is 0.533. The molecule has 1 fully saturated rings. The number of rotatable bonds is 4. The van der Waals surface area contributed by atoms with E-state index < -0.39 is 0 Å². The molecule has 1 saturated heterocycles. The Kier molecular flexibility index (Phi) is 5.26. The summed E-state index contributed by atoms with van der Waals surface area (Å²) in [6, 6.07) is 5.74. The summed E-state index contributed by atoms with van der Waals surface area (Å²) in [5.41, 5.74) is 2.14. The van der Waals surface area contributed by atoms with Crippen molar-refractivity contribution < 1.29 is 4.79 Å². The topological polar surface area (TPSA) is 35.6 Å². The number of nitrogens with zero attached hydrogens (tertiary/aromatic N) is 2. The van der Waals surface area contributed by atoms with E-state index in [0.717, 1.165) is 42.5 Å². The van der Waals surface area contributed by atoms with Crippen LogP contribution in [0.5, 0.6) is 0 Å². The third kappa shape index (κ3) is 4.12. The summed E-state index contributed by atoms with van der Waals surface area (Å²) in [6.07, 6.45) is 0.534. The molecule has 0 unspecified atom stereocenters. The molecule has 0 radical (unpaired) electrons. The van der Waals surface area contributed by atoms with Crippen molar-refractivity contribution in [3.63, 3.8) is 0 Å². The molecule has 2 rings (SSSR count). The van der Waals surface area contributed by atoms with Crippen molar-refractivity contribution in [1.29, 1.82) is 0 Å². The Hall–Kier alpha value is -1.26. The van der Waals surface area contributed by atoms with Crippen molar-refractivity contribution >= 4 is 23.2 Å². The van der Waals surface area contributed by atoms with E-state index in [9.17, 15) is 4.79 Å². The lowest BCUT2D eigenvalue weighted by Gasteiger charge is -2.32. The monoisotopic (exact) mass is 295 g/mol. The lowest BCUT2D eigenvalue weighted by Crippen LogP contribution is -2.47. The van der Waals surface area contributed by atoms with Gasteiger partial charge in [0.25, 0.3) is 0 Å². The summed E-state index contributed by atoms with van der Waals surface area (Å²) in [5, 5.41) is 4.04. The van der Waals surface area contributed by atoms with Crippen LogP contribution in [0.2, 0.25) is 5.02 Å². The third-order valence-corrected chi connectivity index (χ3v) is 3.93. The Morgan fingerprint density at radius 1 is 1.30 bits per heavy atom. The highest BCUT2D eigenvalue weighted by atomic mass is 35.5. The summed E-state index contributed by atoms with van der Waals surface area (Å²) < 4.78 is 0. The van der Waals surface area contributed by atoms with Gasteiger partial charge in [0.2, 0.25) is 5.91 Å². The van der Waals surface area contributed by atoms with Gasteiger partial charge in [-0.05, 0) is 37.7 Å². The number of carbonyl (C=O) groups is 1. The molecule has 5 heteroatoms. The molecule has 20 heavy (non-hydrogen) atoms. The van der Waals surface area contributed by atoms with Crippen LogP contribution in [-0.4, -0.2) is 55.5 Å². The number of anilines is 1. The molecule has 4 nitrogen and oxygen atoms in total. The van der Waals surface area contributed by atoms with Gasteiger partial charge in [-0.25, -0.2) is 0 Å². The number of amides is 1. The number of halogens is 1. The van der Waals surface area contributed by atoms with Crippen molar-refractivity contribution in [3.8, 4) is 0 Å². The normalized spacial score (nSPS) is 16.2. The Morgan fingerprint density at radius 3 is 2.65 bits per heavy atom. The van der Waals surface area contributed by atoms with E-state index in [1.807, 2.05) is 30.0 Å². The number of piperazine rings is 1. The van der Waals surface area contributed by atoms with Crippen LogP contribution in [0, 0.1) is 6.92 Å². The SMILES string of the molecule is Cc1cc(Cl)ccc1NCCC(=O)N1CCN(C)CC1. The summed E-state index contributed by atoms with van der Waals surface area (Å²) in [4.78, 5) is 16.3. The van der Waals surface area contributed by atoms with Crippen LogP contribution in [0.15, 0.2) is 18.2 Å². The van der Waals surface area contributed by atoms with Crippen molar-refractivity contribution in [3.05, 3.63) is 28.8 Å². The fourth-order valence-electron chi connectivity index (χ4n) is 2.34. The Morgan fingerprint density at radius 2 is 2.00 bits per heavy atom. The number of hydrogen-bond donors (Lipinski definition) is 1. The van der Waals surface area contributed by atoms with Gasteiger partial charge in [0.15, 0.2) is 0 Å². The number of carbonyl (C=O) groups excluding carboxylic acids is 1. The predicted molar refractivity (Wildman–Crippen MR) is 83.4 cm³/mol. The molecule has 0 atom stereocenters. The highest BCUT2D eigenvalue weighted by molar-refractivity contribution is 6.30. The second kappa shape index (κ2) is 6.95. The zero-order valence-corrected chi connectivity index (χ0v) is 12.9. The molecular weight excluding hydrogens is 274 g/mol. The Balaban J connectivity index is 1.76. The summed E-state index contributed by atoms with van der Waals surface area (Å²) in [5.74, 6) is 0.234. The molecule has 1 aliphatic heterocycles. The van der Waals surface area contributed by atoms with E-state index in [-0.39, 0.29) is 5.91 Å². The predicted octanol–water partition coefficient (Wildman–Crippen LogP) is 2.22. The molecular formula is C15H22ClN3O. The van der Waals surface area contributed by atoms with Crippen molar-refractivity contribution in [2.24, 2.45) is 0 Å². The largest absolute Gasteiger partial charge is 0.384 e. The highest BCUT2D eigenvalue weighted by Crippen LogP contribution is 2.19. The first-order valence-electron chi connectivity index (χ1n) is 7.02. The summed E-state index contributed by atoms with van der Waals surface area (Å²) >= 11 is 5.92. The maximum Gasteiger partial charge on any atom is 0.224 e. The molecule has 0 bridgehead atoms. The molecule has 0 aliphatic carbocycles. The van der Waals surface area contributed by atoms with E-state index in [2.05, 4.69) is 17.3 Å². The van der Waals surface area contributed by atoms with Gasteiger partial charge in [-0.2, -0.15) is 0 Å². The zero-order chi connectivity index (χ0) is 14.5. The second-order valence-electron chi connectivity index (χ2n) is 5.32. The van der Waals surface area contributed by atoms with Crippen LogP contribution in [-0.2, 0) is 4.79 Å². The fourth-order valence-corrected chi connectivity index (χ4v) is 2.57. The van der Waals surface area contributed by atoms with Crippen LogP contribution < -0.4 is 5.32 Å². The molecule has 110 valence electrons. The van der Waals surface area contributed by atoms with E-state index in [0.29, 0.717) is 13.0 Å². The maximum atomic E-state index is 12.1. The smallest absolute Gasteiger partial charge is 0.224 e. The maximum absolute atomic E-state index is 12.1. The van der Waals surface area contributed by atoms with Crippen LogP contribution in [0.25, 0.3) is 0 Å². The van der Waals surface area contributed by atoms with Gasteiger partial charge in [-0.15, -0.1) is 0 Å². The molecule has 0 saturated carbocycles. The lowest BCUT2D eigenvalue weighted by molar-refractivity contribution is -0.132. The first kappa shape index (κ1) is 15.1. The van der Waals surface area contributed by atoms with Gasteiger partial charge < -0.3 is 15.1 Å². The quantitative estimate of drug-likeness (QED) is 0.925. The van der Waals surface area contributed by atoms with E-state index in [4.69, 9.17) is 11.6 Å². The Bertz CT molecular complexity index is 470. The van der Waals surface area contributed by atoms with Crippen molar-refractivity contribution in [2.75, 3.05) is 45.1 Å². The van der Waals surface area contributed by atoms with Crippen molar-refractivity contribution in [1.82, 2.24) is 9.80 Å². The number of nitrogens with one attached hydrogen (secondary N) is 1. The molecule has 0 spiro atoms. The van der Waals surface area contributed by atoms with Gasteiger partial charge in [-0.1, -0.05) is 11.6 Å². The minimum atomic E-state index is 0.234. The van der Waals surface area contributed by atoms with Gasteiger partial charge >= 0.3 is 0 Å². The second-order valence-corrected chi connectivity index (χ2v) is 5.76. The molecule has 1 amide bonds. The average Bonchev–Trinajstić information content (AvgIpc) is 2.42. The average molecular weight is 296 g/mol. The van der Waals surface area contributed by atoms with Crippen LogP contribution in [0.1, 0.15) is 12.0 Å². The number of benzene rings is 1. The number of hydrogen-bond acceptors (Lipinski definition) is 3. The van der Waals surface area contributed by atoms with Crippen LogP contribution >= 0.6 is 11.6 Å². The van der Waals surface area contributed by atoms with Gasteiger partial charge in [-0.3, -0.25) is 4.79 Å². The van der Waals surface area contributed by atoms with E-state index in [1.165, 1.54) is 0 Å². The third-order valence-electron chi connectivity index (χ3n) is 3.70. The number of aryl methyl sites for hydroxylation is 1. The first-order chi connectivity index (χ1) is 9.56. The van der Waals surface area contributed by atoms with Crippen LogP contribution in [0.4, 0.5) is 5.69 Å². The lowest BCUT2D eigenvalue weighted by atomic mass is 10.2. The van der Waals surface area contributed by atoms with Gasteiger partial charge in [0, 0.05) is 49.9 Å². The van der Waals surface area contributed by atoms with Crippen molar-refractivity contribution in [2.45, 2.75) is 13.3 Å². The molecule has 1 aromatic rings. The minimum absolute atomic E-state index is 0.234. The molecule has 0 aromatic heterocycles. The Labute approximate surface area is 125 Å². The first-order valence-corrected chi connectivity index (χ1v) is 7.40. The minimum Gasteiger partial charge on any atom is -0.384 e. The molecule has 1 aromatic carbocycles. The van der Waals surface area contributed by atoms with E-state index >= 15 is 0 Å². The summed E-state index contributed by atoms with van der Waals surface area (Å²) in [6.45, 7) is 6.29. The van der Waals surface area contributed by atoms with Gasteiger partial charge in [0.05, 0.1) is 0 Å². The standard InChI is InChI=1S/C15H22ClN3O/c1-12-11-13(16)3-4-14(12)17-6-5-15(20)19-9-7-18(2)8-10-19/h3-4,11,17H,5-10H2,1-2H3. The van der Waals surface area contributed by atoms with E-state index in [1.54, 1.807) is 0 Å². The molecule has 1 heterocycles. The molecule has 1 N–H and O–H groups in total. The highest BCUT2D eigenvalue weighted by Gasteiger charge is 2.18.